The predicted molar refractivity (Wildman–Crippen MR) is 61.8 cm³/mol. The minimum atomic E-state index is -0.695. The lowest BCUT2D eigenvalue weighted by atomic mass is 10.3. The van der Waals surface area contributed by atoms with Crippen LogP contribution in [0.25, 0.3) is 0 Å². The van der Waals surface area contributed by atoms with Gasteiger partial charge in [0.2, 0.25) is 0 Å². The number of unbranched alkanes of at least 4 members (excludes halogenated alkanes) is 1. The Morgan fingerprint density at radius 1 is 0.882 bits per heavy atom. The molecule has 104 valence electrons. The lowest BCUT2D eigenvalue weighted by Crippen LogP contribution is -2.27. The second-order valence-corrected chi connectivity index (χ2v) is 3.81. The van der Waals surface area contributed by atoms with E-state index >= 15 is 0 Å². The van der Waals surface area contributed by atoms with Crippen LogP contribution in [0, 0.1) is 0 Å². The first-order chi connectivity index (χ1) is 8.20. The molecule has 0 saturated carbocycles. The number of aliphatic hydroxyl groups excluding tert-OH is 3. The van der Waals surface area contributed by atoms with Crippen molar-refractivity contribution in [3.8, 4) is 0 Å². The minimum absolute atomic E-state index is 0.126. The van der Waals surface area contributed by atoms with Crippen molar-refractivity contribution in [3.63, 3.8) is 0 Å². The van der Waals surface area contributed by atoms with Gasteiger partial charge < -0.3 is 29.5 Å². The van der Waals surface area contributed by atoms with Crippen molar-refractivity contribution in [1.82, 2.24) is 0 Å². The molecule has 2 unspecified atom stereocenters. The third-order valence-electron chi connectivity index (χ3n) is 1.99. The maximum atomic E-state index is 9.44. The van der Waals surface area contributed by atoms with Crippen molar-refractivity contribution < 1.29 is 29.5 Å². The van der Waals surface area contributed by atoms with E-state index in [1.807, 2.05) is 0 Å². The fraction of sp³-hybridized carbons (Fsp3) is 1.00. The second-order valence-electron chi connectivity index (χ2n) is 3.81. The largest absolute Gasteiger partial charge is 0.396 e. The third kappa shape index (κ3) is 12.0. The Kier molecular flexibility index (Phi) is 12.1. The molecule has 0 spiro atoms. The van der Waals surface area contributed by atoms with Gasteiger partial charge in [0.1, 0.15) is 12.2 Å². The molecule has 6 heteroatoms. The van der Waals surface area contributed by atoms with Gasteiger partial charge in [0.25, 0.3) is 0 Å². The van der Waals surface area contributed by atoms with Crippen molar-refractivity contribution in [3.05, 3.63) is 0 Å². The maximum Gasteiger partial charge on any atom is 0.101 e. The van der Waals surface area contributed by atoms with Crippen molar-refractivity contribution in [1.29, 1.82) is 0 Å². The Labute approximate surface area is 102 Å². The fourth-order valence-corrected chi connectivity index (χ4v) is 1.16. The molecule has 0 aliphatic heterocycles. The molecule has 0 aromatic rings. The summed E-state index contributed by atoms with van der Waals surface area (Å²) >= 11 is 0. The zero-order chi connectivity index (χ0) is 12.9. The molecule has 0 saturated heterocycles. The maximum absolute atomic E-state index is 9.44. The van der Waals surface area contributed by atoms with Gasteiger partial charge in [-0.1, -0.05) is 0 Å². The highest BCUT2D eigenvalue weighted by Gasteiger charge is 2.07. The first-order valence-corrected chi connectivity index (χ1v) is 5.82. The highest BCUT2D eigenvalue weighted by atomic mass is 16.5. The molecule has 0 bridgehead atoms. The zero-order valence-corrected chi connectivity index (χ0v) is 10.4. The fourth-order valence-electron chi connectivity index (χ4n) is 1.16. The number of hydrogen-bond donors (Lipinski definition) is 3. The van der Waals surface area contributed by atoms with Crippen LogP contribution in [0.1, 0.15) is 12.8 Å². The van der Waals surface area contributed by atoms with Crippen LogP contribution in [0.3, 0.4) is 0 Å². The van der Waals surface area contributed by atoms with Crippen LogP contribution in [0.5, 0.6) is 0 Å². The Morgan fingerprint density at radius 3 is 2.06 bits per heavy atom. The molecule has 6 nitrogen and oxygen atoms in total. The van der Waals surface area contributed by atoms with E-state index in [0.717, 1.165) is 6.42 Å². The Bertz CT molecular complexity index is 155. The summed E-state index contributed by atoms with van der Waals surface area (Å²) in [6, 6.07) is 0. The molecule has 0 fully saturated rings. The van der Waals surface area contributed by atoms with Crippen molar-refractivity contribution >= 4 is 0 Å². The van der Waals surface area contributed by atoms with Gasteiger partial charge >= 0.3 is 0 Å². The first kappa shape index (κ1) is 16.8. The van der Waals surface area contributed by atoms with Crippen LogP contribution in [-0.2, 0) is 14.2 Å². The van der Waals surface area contributed by atoms with E-state index in [2.05, 4.69) is 0 Å². The molecule has 17 heavy (non-hydrogen) atoms. The molecule has 0 aromatic carbocycles. The van der Waals surface area contributed by atoms with E-state index in [4.69, 9.17) is 19.3 Å². The van der Waals surface area contributed by atoms with E-state index in [0.29, 0.717) is 13.0 Å². The molecular weight excluding hydrogens is 228 g/mol. The van der Waals surface area contributed by atoms with Crippen molar-refractivity contribution in [2.75, 3.05) is 46.8 Å². The predicted octanol–water partition coefficient (Wildman–Crippen LogP) is -0.840. The van der Waals surface area contributed by atoms with Crippen molar-refractivity contribution in [2.24, 2.45) is 0 Å². The van der Waals surface area contributed by atoms with Crippen LogP contribution in [0.15, 0.2) is 0 Å². The molecule has 0 aliphatic carbocycles. The Hall–Kier alpha value is -0.240. The molecular formula is C11H24O6. The van der Waals surface area contributed by atoms with Gasteiger partial charge in [-0.05, 0) is 12.8 Å². The normalized spacial score (nSPS) is 14.8. The van der Waals surface area contributed by atoms with Gasteiger partial charge in [0.05, 0.1) is 26.4 Å². The summed E-state index contributed by atoms with van der Waals surface area (Å²) in [6.07, 6.45) is 0.114. The highest BCUT2D eigenvalue weighted by Crippen LogP contribution is 1.93. The van der Waals surface area contributed by atoms with Gasteiger partial charge in [-0.25, -0.2) is 0 Å². The smallest absolute Gasteiger partial charge is 0.101 e. The van der Waals surface area contributed by atoms with Gasteiger partial charge in [0.15, 0.2) is 0 Å². The van der Waals surface area contributed by atoms with Crippen LogP contribution < -0.4 is 0 Å². The summed E-state index contributed by atoms with van der Waals surface area (Å²) < 4.78 is 15.0. The van der Waals surface area contributed by atoms with Crippen molar-refractivity contribution in [2.45, 2.75) is 25.0 Å². The summed E-state index contributed by atoms with van der Waals surface area (Å²) in [5.74, 6) is 0. The van der Waals surface area contributed by atoms with Crippen LogP contribution in [0.4, 0.5) is 0 Å². The topological polar surface area (TPSA) is 88.4 Å². The molecule has 0 aliphatic rings. The molecule has 0 amide bonds. The number of methoxy groups -OCH3 is 1. The number of hydrogen-bond acceptors (Lipinski definition) is 6. The summed E-state index contributed by atoms with van der Waals surface area (Å²) in [5.41, 5.74) is 0. The molecule has 0 aromatic heterocycles. The molecule has 2 atom stereocenters. The number of ether oxygens (including phenoxy) is 3. The number of aliphatic hydroxyl groups is 3. The van der Waals surface area contributed by atoms with E-state index in [9.17, 15) is 10.2 Å². The SMILES string of the molecule is COCC(O)COCC(O)COCCCCO. The molecule has 3 N–H and O–H groups in total. The van der Waals surface area contributed by atoms with Crippen LogP contribution >= 0.6 is 0 Å². The van der Waals surface area contributed by atoms with Gasteiger partial charge in [-0.15, -0.1) is 0 Å². The van der Waals surface area contributed by atoms with Gasteiger partial charge in [-0.2, -0.15) is 0 Å². The van der Waals surface area contributed by atoms with E-state index < -0.39 is 12.2 Å². The van der Waals surface area contributed by atoms with E-state index in [1.54, 1.807) is 0 Å². The summed E-state index contributed by atoms with van der Waals surface area (Å²) in [5, 5.41) is 27.2. The monoisotopic (exact) mass is 252 g/mol. The molecule has 0 radical (unpaired) electrons. The average molecular weight is 252 g/mol. The van der Waals surface area contributed by atoms with E-state index in [-0.39, 0.29) is 33.0 Å². The standard InChI is InChI=1S/C11H24O6/c1-15-6-10(13)8-17-9-11(14)7-16-5-3-2-4-12/h10-14H,2-9H2,1H3. The molecule has 0 rings (SSSR count). The lowest BCUT2D eigenvalue weighted by Gasteiger charge is -2.14. The van der Waals surface area contributed by atoms with Crippen LogP contribution in [-0.4, -0.2) is 74.3 Å². The Morgan fingerprint density at radius 2 is 1.47 bits per heavy atom. The molecule has 0 heterocycles. The zero-order valence-electron chi connectivity index (χ0n) is 10.4. The Balaban J connectivity index is 3.25. The summed E-state index contributed by atoms with van der Waals surface area (Å²) in [4.78, 5) is 0. The van der Waals surface area contributed by atoms with Gasteiger partial charge in [0, 0.05) is 20.3 Å². The van der Waals surface area contributed by atoms with Gasteiger partial charge in [-0.3, -0.25) is 0 Å². The average Bonchev–Trinajstić information content (AvgIpc) is 2.29. The number of rotatable bonds is 12. The first-order valence-electron chi connectivity index (χ1n) is 5.82. The van der Waals surface area contributed by atoms with E-state index in [1.165, 1.54) is 7.11 Å². The third-order valence-corrected chi connectivity index (χ3v) is 1.99. The lowest BCUT2D eigenvalue weighted by molar-refractivity contribution is -0.0520. The second kappa shape index (κ2) is 12.2. The summed E-state index contributed by atoms with van der Waals surface area (Å²) in [7, 11) is 1.50. The van der Waals surface area contributed by atoms with Crippen LogP contribution in [0.2, 0.25) is 0 Å². The minimum Gasteiger partial charge on any atom is -0.396 e. The summed E-state index contributed by atoms with van der Waals surface area (Å²) in [6.45, 7) is 1.35. The highest BCUT2D eigenvalue weighted by molar-refractivity contribution is 4.55. The quantitative estimate of drug-likeness (QED) is 0.393.